The molecule has 0 heterocycles. The van der Waals surface area contributed by atoms with Gasteiger partial charge in [-0.3, -0.25) is 14.6 Å². The minimum atomic E-state index is -0.698. The maximum absolute atomic E-state index is 12.6. The molecule has 0 saturated carbocycles. The lowest BCUT2D eigenvalue weighted by atomic mass is 10.0. The first-order valence-electron chi connectivity index (χ1n) is 9.46. The number of aliphatic imine (C=N–C) groups is 1. The Morgan fingerprint density at radius 3 is 2.34 bits per heavy atom. The third kappa shape index (κ3) is 11.7. The van der Waals surface area contributed by atoms with Crippen LogP contribution >= 0.6 is 12.4 Å². The SMILES string of the molecule is CC(C)C[C@H](NC(=O)Cc1ccccc1)C(=O)N[C@H](C=O)CCCN=C(N)N.Cl. The Morgan fingerprint density at radius 2 is 1.79 bits per heavy atom. The topological polar surface area (TPSA) is 140 Å². The first-order chi connectivity index (χ1) is 13.3. The van der Waals surface area contributed by atoms with Crippen LogP contribution in [0.2, 0.25) is 0 Å². The molecule has 2 amide bonds. The monoisotopic (exact) mass is 425 g/mol. The van der Waals surface area contributed by atoms with Crippen LogP contribution in [0.15, 0.2) is 35.3 Å². The second-order valence-corrected chi connectivity index (χ2v) is 7.11. The maximum atomic E-state index is 12.6. The molecule has 0 spiro atoms. The molecule has 2 atom stereocenters. The number of hydrogen-bond acceptors (Lipinski definition) is 4. The van der Waals surface area contributed by atoms with Gasteiger partial charge < -0.3 is 26.9 Å². The summed E-state index contributed by atoms with van der Waals surface area (Å²) < 4.78 is 0. The number of guanidine groups is 1. The van der Waals surface area contributed by atoms with Crippen LogP contribution in [-0.2, 0) is 20.8 Å². The fraction of sp³-hybridized carbons (Fsp3) is 0.500. The van der Waals surface area contributed by atoms with E-state index in [-0.39, 0.29) is 42.5 Å². The van der Waals surface area contributed by atoms with E-state index in [0.29, 0.717) is 32.1 Å². The number of benzene rings is 1. The van der Waals surface area contributed by atoms with Crippen LogP contribution in [0.4, 0.5) is 0 Å². The van der Waals surface area contributed by atoms with E-state index in [0.717, 1.165) is 5.56 Å². The summed E-state index contributed by atoms with van der Waals surface area (Å²) in [5.74, 6) is -0.411. The van der Waals surface area contributed by atoms with Crippen molar-refractivity contribution >= 4 is 36.5 Å². The number of nitrogens with zero attached hydrogens (tertiary/aromatic N) is 1. The van der Waals surface area contributed by atoms with Crippen LogP contribution in [0.25, 0.3) is 0 Å². The highest BCUT2D eigenvalue weighted by Gasteiger charge is 2.24. The molecule has 0 aliphatic rings. The van der Waals surface area contributed by atoms with Gasteiger partial charge in [-0.2, -0.15) is 0 Å². The average Bonchev–Trinajstić information content (AvgIpc) is 2.63. The average molecular weight is 426 g/mol. The Balaban J connectivity index is 0.00000784. The lowest BCUT2D eigenvalue weighted by Crippen LogP contribution is -2.50. The van der Waals surface area contributed by atoms with Gasteiger partial charge in [-0.1, -0.05) is 44.2 Å². The standard InChI is InChI=1S/C20H31N5O3.ClH/c1-14(2)11-17(25-18(27)12-15-7-4-3-5-8-15)19(28)24-16(13-26)9-6-10-23-20(21)22;/h3-5,7-8,13-14,16-17H,6,9-12H2,1-2H3,(H,24,28)(H,25,27)(H4,21,22,23);1H/t16-,17-;/m0./s1. The highest BCUT2D eigenvalue weighted by molar-refractivity contribution is 5.89. The zero-order valence-electron chi connectivity index (χ0n) is 17.0. The minimum Gasteiger partial charge on any atom is -0.370 e. The van der Waals surface area contributed by atoms with Crippen molar-refractivity contribution < 1.29 is 14.4 Å². The molecular weight excluding hydrogens is 394 g/mol. The predicted octanol–water partition coefficient (Wildman–Crippen LogP) is 0.919. The number of carbonyl (C=O) groups is 3. The van der Waals surface area contributed by atoms with Crippen molar-refractivity contribution in [1.29, 1.82) is 0 Å². The van der Waals surface area contributed by atoms with Crippen LogP contribution in [-0.4, -0.2) is 42.7 Å². The molecular formula is C20H32ClN5O3. The molecule has 162 valence electrons. The molecule has 0 saturated heterocycles. The van der Waals surface area contributed by atoms with Gasteiger partial charge in [0.2, 0.25) is 11.8 Å². The smallest absolute Gasteiger partial charge is 0.243 e. The molecule has 0 aliphatic heterocycles. The molecule has 29 heavy (non-hydrogen) atoms. The van der Waals surface area contributed by atoms with Gasteiger partial charge in [0.15, 0.2) is 5.96 Å². The van der Waals surface area contributed by atoms with Crippen LogP contribution in [0, 0.1) is 5.92 Å². The van der Waals surface area contributed by atoms with Crippen LogP contribution in [0.5, 0.6) is 0 Å². The van der Waals surface area contributed by atoms with Gasteiger partial charge in [0.1, 0.15) is 12.3 Å². The Kier molecular flexibility index (Phi) is 13.1. The Labute approximate surface area is 178 Å². The molecule has 0 radical (unpaired) electrons. The first kappa shape index (κ1) is 26.4. The fourth-order valence-corrected chi connectivity index (χ4v) is 2.71. The number of aldehydes is 1. The molecule has 8 nitrogen and oxygen atoms in total. The molecule has 0 unspecified atom stereocenters. The van der Waals surface area contributed by atoms with Crippen molar-refractivity contribution in [2.24, 2.45) is 22.4 Å². The van der Waals surface area contributed by atoms with Gasteiger partial charge in [-0.05, 0) is 30.7 Å². The molecule has 1 aromatic carbocycles. The van der Waals surface area contributed by atoms with Crippen LogP contribution in [0.3, 0.4) is 0 Å². The van der Waals surface area contributed by atoms with E-state index >= 15 is 0 Å². The Morgan fingerprint density at radius 1 is 1.14 bits per heavy atom. The Hall–Kier alpha value is -2.61. The summed E-state index contributed by atoms with van der Waals surface area (Å²) in [6.45, 7) is 4.32. The number of nitrogens with two attached hydrogens (primary N) is 2. The van der Waals surface area contributed by atoms with Crippen molar-refractivity contribution in [2.75, 3.05) is 6.54 Å². The lowest BCUT2D eigenvalue weighted by Gasteiger charge is -2.22. The third-order valence-corrected chi connectivity index (χ3v) is 4.03. The fourth-order valence-electron chi connectivity index (χ4n) is 2.71. The van der Waals surface area contributed by atoms with Gasteiger partial charge in [-0.15, -0.1) is 12.4 Å². The number of amides is 2. The molecule has 0 fully saturated rings. The van der Waals surface area contributed by atoms with Gasteiger partial charge in [0.05, 0.1) is 12.5 Å². The Bertz CT molecular complexity index is 663. The van der Waals surface area contributed by atoms with Crippen molar-refractivity contribution in [1.82, 2.24) is 10.6 Å². The van der Waals surface area contributed by atoms with Crippen LogP contribution in [0.1, 0.15) is 38.7 Å². The molecule has 6 N–H and O–H groups in total. The van der Waals surface area contributed by atoms with Gasteiger partial charge >= 0.3 is 0 Å². The van der Waals surface area contributed by atoms with E-state index in [4.69, 9.17) is 11.5 Å². The summed E-state index contributed by atoms with van der Waals surface area (Å²) in [6.07, 6.45) is 2.32. The molecule has 9 heteroatoms. The van der Waals surface area contributed by atoms with Gasteiger partial charge in [0.25, 0.3) is 0 Å². The first-order valence-corrected chi connectivity index (χ1v) is 9.46. The largest absolute Gasteiger partial charge is 0.370 e. The van der Waals surface area contributed by atoms with Gasteiger partial charge in [0, 0.05) is 6.54 Å². The van der Waals surface area contributed by atoms with Crippen molar-refractivity contribution in [3.63, 3.8) is 0 Å². The second kappa shape index (κ2) is 14.4. The normalized spacial score (nSPS) is 12.2. The summed E-state index contributed by atoms with van der Waals surface area (Å²) in [4.78, 5) is 40.1. The number of rotatable bonds is 12. The van der Waals surface area contributed by atoms with E-state index in [1.165, 1.54) is 0 Å². The number of carbonyl (C=O) groups excluding carboxylic acids is 3. The van der Waals surface area contributed by atoms with E-state index in [1.807, 2.05) is 44.2 Å². The number of halogens is 1. The van der Waals surface area contributed by atoms with E-state index in [9.17, 15) is 14.4 Å². The van der Waals surface area contributed by atoms with E-state index in [1.54, 1.807) is 0 Å². The highest BCUT2D eigenvalue weighted by Crippen LogP contribution is 2.07. The van der Waals surface area contributed by atoms with E-state index in [2.05, 4.69) is 15.6 Å². The number of hydrogen-bond donors (Lipinski definition) is 4. The summed E-state index contributed by atoms with van der Waals surface area (Å²) >= 11 is 0. The predicted molar refractivity (Wildman–Crippen MR) is 117 cm³/mol. The zero-order valence-corrected chi connectivity index (χ0v) is 17.8. The van der Waals surface area contributed by atoms with Crippen molar-refractivity contribution in [2.45, 2.75) is 51.6 Å². The molecule has 0 aliphatic carbocycles. The highest BCUT2D eigenvalue weighted by atomic mass is 35.5. The molecule has 1 aromatic rings. The molecule has 0 bridgehead atoms. The quantitative estimate of drug-likeness (QED) is 0.170. The van der Waals surface area contributed by atoms with Crippen molar-refractivity contribution in [3.05, 3.63) is 35.9 Å². The summed E-state index contributed by atoms with van der Waals surface area (Å²) in [5.41, 5.74) is 11.4. The van der Waals surface area contributed by atoms with Gasteiger partial charge in [-0.25, -0.2) is 0 Å². The lowest BCUT2D eigenvalue weighted by molar-refractivity contribution is -0.130. The number of nitrogens with one attached hydrogen (secondary N) is 2. The summed E-state index contributed by atoms with van der Waals surface area (Å²) in [5, 5.41) is 5.48. The van der Waals surface area contributed by atoms with Crippen LogP contribution < -0.4 is 22.1 Å². The maximum Gasteiger partial charge on any atom is 0.243 e. The second-order valence-electron chi connectivity index (χ2n) is 7.11. The summed E-state index contributed by atoms with van der Waals surface area (Å²) in [6, 6.07) is 7.96. The minimum absolute atomic E-state index is 0. The van der Waals surface area contributed by atoms with E-state index < -0.39 is 12.1 Å². The third-order valence-electron chi connectivity index (χ3n) is 4.03. The van der Waals surface area contributed by atoms with Crippen molar-refractivity contribution in [3.8, 4) is 0 Å². The molecule has 1 rings (SSSR count). The summed E-state index contributed by atoms with van der Waals surface area (Å²) in [7, 11) is 0. The molecule has 0 aromatic heterocycles. The zero-order chi connectivity index (χ0) is 20.9.